The van der Waals surface area contributed by atoms with E-state index in [2.05, 4.69) is 16.3 Å². The van der Waals surface area contributed by atoms with Gasteiger partial charge in [0, 0.05) is 62.5 Å². The summed E-state index contributed by atoms with van der Waals surface area (Å²) in [5.41, 5.74) is 2.59. The van der Waals surface area contributed by atoms with Gasteiger partial charge in [0.25, 0.3) is 5.91 Å². The number of rotatable bonds is 4. The van der Waals surface area contributed by atoms with Crippen LogP contribution in [0.2, 0.25) is 0 Å². The largest absolute Gasteiger partial charge is 0.369 e. The van der Waals surface area contributed by atoms with Gasteiger partial charge in [0.05, 0.1) is 11.6 Å². The van der Waals surface area contributed by atoms with Crippen LogP contribution in [0.25, 0.3) is 0 Å². The van der Waals surface area contributed by atoms with E-state index >= 15 is 0 Å². The molecule has 2 aromatic carbocycles. The predicted octanol–water partition coefficient (Wildman–Crippen LogP) is 1.92. The molecule has 1 unspecified atom stereocenters. The van der Waals surface area contributed by atoms with Gasteiger partial charge in [-0.1, -0.05) is 0 Å². The zero-order valence-electron chi connectivity index (χ0n) is 18.9. The Morgan fingerprint density at radius 1 is 1.03 bits per heavy atom. The van der Waals surface area contributed by atoms with Crippen LogP contribution in [0.3, 0.4) is 0 Å². The standard InChI is InChI=1S/C25H23F2N5O3/c26-17-2-1-15(12-28)16(9-17)13-30-5-7-31(8-6-30)22-11-18(27)10-19-20(22)14-32(25(19)35)21-3-4-23(33)29-24(21)34/h1-2,9-11,21H,3-8,13-14H2,(H,29,33,34). The number of anilines is 1. The van der Waals surface area contributed by atoms with Crippen molar-refractivity contribution in [1.82, 2.24) is 15.1 Å². The zero-order valence-corrected chi connectivity index (χ0v) is 18.9. The van der Waals surface area contributed by atoms with Crippen molar-refractivity contribution in [2.45, 2.75) is 32.0 Å². The van der Waals surface area contributed by atoms with Gasteiger partial charge in [-0.15, -0.1) is 0 Å². The topological polar surface area (TPSA) is 96.8 Å². The second-order valence-electron chi connectivity index (χ2n) is 9.03. The molecular weight excluding hydrogens is 456 g/mol. The number of halogens is 2. The minimum absolute atomic E-state index is 0.151. The molecular formula is C25H23F2N5O3. The van der Waals surface area contributed by atoms with E-state index in [0.29, 0.717) is 55.1 Å². The Bertz CT molecular complexity index is 1270. The van der Waals surface area contributed by atoms with Crippen molar-refractivity contribution >= 4 is 23.4 Å². The first-order valence-electron chi connectivity index (χ1n) is 11.5. The maximum absolute atomic E-state index is 14.5. The van der Waals surface area contributed by atoms with E-state index in [1.54, 1.807) is 0 Å². The third-order valence-electron chi connectivity index (χ3n) is 6.89. The van der Waals surface area contributed by atoms with Crippen LogP contribution in [0.15, 0.2) is 30.3 Å². The first kappa shape index (κ1) is 22.9. The molecule has 2 saturated heterocycles. The highest BCUT2D eigenvalue weighted by Crippen LogP contribution is 2.35. The molecule has 8 nitrogen and oxygen atoms in total. The Hall–Kier alpha value is -3.84. The van der Waals surface area contributed by atoms with Gasteiger partial charge in [0.15, 0.2) is 0 Å². The van der Waals surface area contributed by atoms with Crippen LogP contribution in [0.4, 0.5) is 14.5 Å². The normalized spacial score (nSPS) is 20.6. The maximum Gasteiger partial charge on any atom is 0.255 e. The first-order chi connectivity index (χ1) is 16.8. The smallest absolute Gasteiger partial charge is 0.255 e. The summed E-state index contributed by atoms with van der Waals surface area (Å²) >= 11 is 0. The van der Waals surface area contributed by atoms with Gasteiger partial charge in [-0.05, 0) is 42.3 Å². The average Bonchev–Trinajstić information content (AvgIpc) is 3.15. The Balaban J connectivity index is 1.32. The number of benzene rings is 2. The minimum atomic E-state index is -0.763. The summed E-state index contributed by atoms with van der Waals surface area (Å²) < 4.78 is 28.2. The summed E-state index contributed by atoms with van der Waals surface area (Å²) in [5.74, 6) is -2.20. The van der Waals surface area contributed by atoms with E-state index in [-0.39, 0.29) is 30.9 Å². The van der Waals surface area contributed by atoms with Crippen molar-refractivity contribution in [2.24, 2.45) is 0 Å². The van der Waals surface area contributed by atoms with Crippen LogP contribution in [0, 0.1) is 23.0 Å². The van der Waals surface area contributed by atoms with Gasteiger partial charge in [-0.25, -0.2) is 8.78 Å². The molecule has 0 spiro atoms. The molecule has 3 aliphatic heterocycles. The van der Waals surface area contributed by atoms with Crippen LogP contribution in [-0.4, -0.2) is 59.7 Å². The van der Waals surface area contributed by atoms with Crippen molar-refractivity contribution in [3.8, 4) is 6.07 Å². The second kappa shape index (κ2) is 9.07. The Labute approximate surface area is 200 Å². The van der Waals surface area contributed by atoms with E-state index in [4.69, 9.17) is 0 Å². The monoisotopic (exact) mass is 479 g/mol. The van der Waals surface area contributed by atoms with Gasteiger partial charge < -0.3 is 9.80 Å². The maximum atomic E-state index is 14.5. The van der Waals surface area contributed by atoms with Gasteiger partial charge in [0.2, 0.25) is 11.8 Å². The highest BCUT2D eigenvalue weighted by Gasteiger charge is 2.41. The fourth-order valence-corrected chi connectivity index (χ4v) is 5.08. The lowest BCUT2D eigenvalue weighted by Gasteiger charge is -2.37. The molecule has 3 aliphatic rings. The zero-order chi connectivity index (χ0) is 24.7. The molecule has 1 N–H and O–H groups in total. The fraction of sp³-hybridized carbons (Fsp3) is 0.360. The van der Waals surface area contributed by atoms with Crippen molar-refractivity contribution in [2.75, 3.05) is 31.1 Å². The van der Waals surface area contributed by atoms with Crippen molar-refractivity contribution in [3.05, 3.63) is 64.2 Å². The van der Waals surface area contributed by atoms with Crippen LogP contribution in [-0.2, 0) is 22.7 Å². The number of nitrogens with zero attached hydrogens (tertiary/aromatic N) is 4. The molecule has 3 amide bonds. The Morgan fingerprint density at radius 3 is 2.51 bits per heavy atom. The van der Waals surface area contributed by atoms with Gasteiger partial charge in [0.1, 0.15) is 17.7 Å². The Morgan fingerprint density at radius 2 is 1.80 bits per heavy atom. The molecule has 2 aromatic rings. The first-order valence-corrected chi connectivity index (χ1v) is 11.5. The molecule has 0 bridgehead atoms. The number of nitrogens with one attached hydrogen (secondary N) is 1. The molecule has 180 valence electrons. The van der Waals surface area contributed by atoms with Crippen LogP contribution >= 0.6 is 0 Å². The number of amides is 3. The lowest BCUT2D eigenvalue weighted by Crippen LogP contribution is -2.52. The summed E-state index contributed by atoms with van der Waals surface area (Å²) in [6, 6.07) is 8.06. The fourth-order valence-electron chi connectivity index (χ4n) is 5.08. The van der Waals surface area contributed by atoms with Crippen LogP contribution < -0.4 is 10.2 Å². The quantitative estimate of drug-likeness (QED) is 0.674. The number of piperazine rings is 1. The highest BCUT2D eigenvalue weighted by molar-refractivity contribution is 6.06. The number of hydrogen-bond acceptors (Lipinski definition) is 6. The summed E-state index contributed by atoms with van der Waals surface area (Å²) in [5, 5.41) is 11.6. The molecule has 2 fully saturated rings. The summed E-state index contributed by atoms with van der Waals surface area (Å²) in [7, 11) is 0. The lowest BCUT2D eigenvalue weighted by molar-refractivity contribution is -0.136. The minimum Gasteiger partial charge on any atom is -0.369 e. The summed E-state index contributed by atoms with van der Waals surface area (Å²) in [6.07, 6.45) is 0.393. The lowest BCUT2D eigenvalue weighted by atomic mass is 10.0. The third kappa shape index (κ3) is 4.35. The van der Waals surface area contributed by atoms with E-state index in [9.17, 15) is 28.4 Å². The number of carbonyl (C=O) groups excluding carboxylic acids is 3. The molecule has 0 aromatic heterocycles. The molecule has 35 heavy (non-hydrogen) atoms. The molecule has 1 atom stereocenters. The van der Waals surface area contributed by atoms with E-state index in [1.807, 2.05) is 4.90 Å². The number of fused-ring (bicyclic) bond motifs is 1. The van der Waals surface area contributed by atoms with Crippen molar-refractivity contribution in [3.63, 3.8) is 0 Å². The number of carbonyl (C=O) groups is 3. The molecule has 5 rings (SSSR count). The SMILES string of the molecule is N#Cc1ccc(F)cc1CN1CCN(c2cc(F)cc3c2CN(C2CCC(=O)NC2=O)C3=O)CC1. The van der Waals surface area contributed by atoms with Gasteiger partial charge in [-0.3, -0.25) is 24.6 Å². The number of piperidine rings is 1. The molecule has 10 heteroatoms. The van der Waals surface area contributed by atoms with Crippen molar-refractivity contribution in [1.29, 1.82) is 5.26 Å². The van der Waals surface area contributed by atoms with Crippen molar-refractivity contribution < 1.29 is 23.2 Å². The van der Waals surface area contributed by atoms with Gasteiger partial charge >= 0.3 is 0 Å². The second-order valence-corrected chi connectivity index (χ2v) is 9.03. The number of imide groups is 1. The van der Waals surface area contributed by atoms with E-state index in [1.165, 1.54) is 35.2 Å². The Kier molecular flexibility index (Phi) is 5.94. The molecule has 0 aliphatic carbocycles. The van der Waals surface area contributed by atoms with E-state index < -0.39 is 29.5 Å². The molecule has 0 saturated carbocycles. The molecule has 0 radical (unpaired) electrons. The number of nitriles is 1. The molecule has 3 heterocycles. The third-order valence-corrected chi connectivity index (χ3v) is 6.89. The highest BCUT2D eigenvalue weighted by atomic mass is 19.1. The van der Waals surface area contributed by atoms with E-state index in [0.717, 1.165) is 0 Å². The number of hydrogen-bond donors (Lipinski definition) is 1. The summed E-state index contributed by atoms with van der Waals surface area (Å²) in [6.45, 7) is 2.93. The average molecular weight is 479 g/mol. The predicted molar refractivity (Wildman–Crippen MR) is 121 cm³/mol. The summed E-state index contributed by atoms with van der Waals surface area (Å²) in [4.78, 5) is 42.4. The van der Waals surface area contributed by atoms with Gasteiger partial charge in [-0.2, -0.15) is 5.26 Å². The van der Waals surface area contributed by atoms with Crippen LogP contribution in [0.5, 0.6) is 0 Å². The van der Waals surface area contributed by atoms with Crippen LogP contribution in [0.1, 0.15) is 39.9 Å².